The van der Waals surface area contributed by atoms with Crippen molar-refractivity contribution >= 4 is 16.5 Å². The average molecular weight is 181 g/mol. The zero-order valence-corrected chi connectivity index (χ0v) is 8.06. The fourth-order valence-corrected chi connectivity index (χ4v) is 1.61. The average Bonchev–Trinajstić information content (AvgIpc) is 2.48. The SMILES string of the molecule is [C-]#[N+]CCc1cnc(N(C)C)s1. The number of anilines is 1. The molecule has 0 saturated heterocycles. The fraction of sp³-hybridized carbons (Fsp3) is 0.500. The molecule has 0 atom stereocenters. The van der Waals surface area contributed by atoms with Gasteiger partial charge in [0.15, 0.2) is 5.13 Å². The van der Waals surface area contributed by atoms with Crippen LogP contribution in [-0.4, -0.2) is 25.6 Å². The predicted molar refractivity (Wildman–Crippen MR) is 51.6 cm³/mol. The maximum atomic E-state index is 6.64. The van der Waals surface area contributed by atoms with Gasteiger partial charge in [-0.15, -0.1) is 11.3 Å². The number of hydrogen-bond donors (Lipinski definition) is 0. The van der Waals surface area contributed by atoms with Crippen molar-refractivity contribution in [3.63, 3.8) is 0 Å². The second-order valence-electron chi connectivity index (χ2n) is 2.64. The quantitative estimate of drug-likeness (QED) is 0.661. The molecule has 0 fully saturated rings. The van der Waals surface area contributed by atoms with E-state index in [4.69, 9.17) is 6.57 Å². The molecule has 0 amide bonds. The Labute approximate surface area is 76.5 Å². The van der Waals surface area contributed by atoms with Gasteiger partial charge in [-0.1, -0.05) is 0 Å². The summed E-state index contributed by atoms with van der Waals surface area (Å²) in [5.74, 6) is 0. The highest BCUT2D eigenvalue weighted by atomic mass is 32.1. The first-order valence-corrected chi connectivity index (χ1v) is 4.51. The van der Waals surface area contributed by atoms with E-state index >= 15 is 0 Å². The molecule has 0 saturated carbocycles. The van der Waals surface area contributed by atoms with Gasteiger partial charge in [0.25, 0.3) is 0 Å². The van der Waals surface area contributed by atoms with E-state index in [-0.39, 0.29) is 0 Å². The summed E-state index contributed by atoms with van der Waals surface area (Å²) < 4.78 is 0. The monoisotopic (exact) mass is 181 g/mol. The number of rotatable bonds is 3. The van der Waals surface area contributed by atoms with Crippen LogP contribution in [0.25, 0.3) is 4.85 Å². The number of nitrogens with zero attached hydrogens (tertiary/aromatic N) is 3. The number of aromatic nitrogens is 1. The van der Waals surface area contributed by atoms with Crippen LogP contribution >= 0.6 is 11.3 Å². The van der Waals surface area contributed by atoms with E-state index in [0.29, 0.717) is 6.54 Å². The van der Waals surface area contributed by atoms with Gasteiger partial charge in [-0.3, -0.25) is 0 Å². The van der Waals surface area contributed by atoms with Gasteiger partial charge in [-0.05, 0) is 0 Å². The van der Waals surface area contributed by atoms with Crippen LogP contribution in [0.1, 0.15) is 4.88 Å². The smallest absolute Gasteiger partial charge is 0.219 e. The van der Waals surface area contributed by atoms with Gasteiger partial charge in [0.05, 0.1) is 6.42 Å². The highest BCUT2D eigenvalue weighted by molar-refractivity contribution is 7.15. The van der Waals surface area contributed by atoms with Crippen LogP contribution in [0.15, 0.2) is 6.20 Å². The lowest BCUT2D eigenvalue weighted by Crippen LogP contribution is -2.07. The minimum absolute atomic E-state index is 0.565. The molecular weight excluding hydrogens is 170 g/mol. The molecule has 64 valence electrons. The maximum Gasteiger partial charge on any atom is 0.219 e. The summed E-state index contributed by atoms with van der Waals surface area (Å²) in [6.07, 6.45) is 2.68. The molecule has 12 heavy (non-hydrogen) atoms. The first-order valence-electron chi connectivity index (χ1n) is 3.69. The summed E-state index contributed by atoms with van der Waals surface area (Å²) in [6, 6.07) is 0. The van der Waals surface area contributed by atoms with Gasteiger partial charge in [-0.2, -0.15) is 0 Å². The van der Waals surface area contributed by atoms with Crippen LogP contribution in [0.4, 0.5) is 5.13 Å². The molecule has 0 aliphatic carbocycles. The lowest BCUT2D eigenvalue weighted by atomic mass is 10.4. The van der Waals surface area contributed by atoms with Crippen molar-refractivity contribution in [2.24, 2.45) is 0 Å². The highest BCUT2D eigenvalue weighted by Crippen LogP contribution is 2.20. The summed E-state index contributed by atoms with van der Waals surface area (Å²) >= 11 is 1.65. The van der Waals surface area contributed by atoms with Gasteiger partial charge in [-0.25, -0.2) is 11.6 Å². The Hall–Kier alpha value is -1.08. The third-order valence-corrected chi connectivity index (χ3v) is 2.62. The second-order valence-corrected chi connectivity index (χ2v) is 3.73. The molecule has 1 rings (SSSR count). The molecule has 0 bridgehead atoms. The van der Waals surface area contributed by atoms with Crippen LogP contribution in [-0.2, 0) is 6.42 Å². The molecule has 0 spiro atoms. The lowest BCUT2D eigenvalue weighted by molar-refractivity contribution is 1.08. The fourth-order valence-electron chi connectivity index (χ4n) is 0.786. The number of thiazole rings is 1. The van der Waals surface area contributed by atoms with Gasteiger partial charge >= 0.3 is 0 Å². The Bertz CT molecular complexity index is 285. The topological polar surface area (TPSA) is 20.5 Å². The Morgan fingerprint density at radius 3 is 2.92 bits per heavy atom. The standard InChI is InChI=1S/C8H11N3S/c1-9-5-4-7-6-10-8(12-7)11(2)3/h6H,4-5H2,2-3H3. The molecule has 0 aliphatic rings. The van der Waals surface area contributed by atoms with Gasteiger partial charge < -0.3 is 9.74 Å². The first kappa shape index (κ1) is 9.01. The molecule has 3 nitrogen and oxygen atoms in total. The minimum Gasteiger partial charge on any atom is -0.354 e. The second kappa shape index (κ2) is 4.07. The van der Waals surface area contributed by atoms with Crippen LogP contribution in [0, 0.1) is 6.57 Å². The first-order chi connectivity index (χ1) is 5.74. The van der Waals surface area contributed by atoms with Crippen LogP contribution in [0.3, 0.4) is 0 Å². The predicted octanol–water partition coefficient (Wildman–Crippen LogP) is 1.67. The molecule has 0 aliphatic heterocycles. The van der Waals surface area contributed by atoms with Crippen LogP contribution < -0.4 is 4.90 Å². The van der Waals surface area contributed by atoms with E-state index in [9.17, 15) is 0 Å². The largest absolute Gasteiger partial charge is 0.354 e. The van der Waals surface area contributed by atoms with E-state index in [2.05, 4.69) is 9.83 Å². The Kier molecular flexibility index (Phi) is 3.06. The summed E-state index contributed by atoms with van der Waals surface area (Å²) in [4.78, 5) is 10.7. The highest BCUT2D eigenvalue weighted by Gasteiger charge is 2.03. The zero-order valence-electron chi connectivity index (χ0n) is 7.24. The molecule has 0 radical (unpaired) electrons. The van der Waals surface area contributed by atoms with E-state index in [1.54, 1.807) is 11.3 Å². The maximum absolute atomic E-state index is 6.64. The molecule has 0 N–H and O–H groups in total. The van der Waals surface area contributed by atoms with Crippen LogP contribution in [0.5, 0.6) is 0 Å². The van der Waals surface area contributed by atoms with Gasteiger partial charge in [0, 0.05) is 25.2 Å². The van der Waals surface area contributed by atoms with Gasteiger partial charge in [0.2, 0.25) is 6.54 Å². The van der Waals surface area contributed by atoms with Gasteiger partial charge in [0.1, 0.15) is 0 Å². The van der Waals surface area contributed by atoms with Crippen molar-refractivity contribution < 1.29 is 0 Å². The molecule has 4 heteroatoms. The van der Waals surface area contributed by atoms with Crippen molar-refractivity contribution in [3.8, 4) is 0 Å². The summed E-state index contributed by atoms with van der Waals surface area (Å²) in [6.45, 7) is 7.21. The number of hydrogen-bond acceptors (Lipinski definition) is 3. The Morgan fingerprint density at radius 2 is 2.42 bits per heavy atom. The third kappa shape index (κ3) is 2.21. The van der Waals surface area contributed by atoms with Crippen molar-refractivity contribution in [2.45, 2.75) is 6.42 Å². The Morgan fingerprint density at radius 1 is 1.67 bits per heavy atom. The summed E-state index contributed by atoms with van der Waals surface area (Å²) in [5, 5.41) is 1.01. The van der Waals surface area contributed by atoms with Crippen molar-refractivity contribution in [1.29, 1.82) is 0 Å². The zero-order chi connectivity index (χ0) is 8.97. The van der Waals surface area contributed by atoms with E-state index < -0.39 is 0 Å². The third-order valence-electron chi connectivity index (χ3n) is 1.39. The normalized spacial score (nSPS) is 9.42. The summed E-state index contributed by atoms with van der Waals surface area (Å²) in [5.41, 5.74) is 0. The van der Waals surface area contributed by atoms with Crippen molar-refractivity contribution in [3.05, 3.63) is 22.5 Å². The van der Waals surface area contributed by atoms with Crippen molar-refractivity contribution in [1.82, 2.24) is 4.98 Å². The molecule has 0 aromatic carbocycles. The van der Waals surface area contributed by atoms with Crippen molar-refractivity contribution in [2.75, 3.05) is 25.5 Å². The molecular formula is C8H11N3S. The molecule has 0 unspecified atom stereocenters. The van der Waals surface area contributed by atoms with E-state index in [1.165, 1.54) is 4.88 Å². The summed E-state index contributed by atoms with van der Waals surface area (Å²) in [7, 11) is 3.94. The van der Waals surface area contributed by atoms with E-state index in [1.807, 2.05) is 25.2 Å². The molecule has 1 aromatic heterocycles. The minimum atomic E-state index is 0.565. The van der Waals surface area contributed by atoms with Crippen LogP contribution in [0.2, 0.25) is 0 Å². The van der Waals surface area contributed by atoms with E-state index in [0.717, 1.165) is 11.6 Å². The molecule has 1 heterocycles. The Balaban J connectivity index is 2.59. The molecule has 1 aromatic rings. The lowest BCUT2D eigenvalue weighted by Gasteiger charge is -2.04.